The summed E-state index contributed by atoms with van der Waals surface area (Å²) in [5, 5.41) is 0. The molecule has 45 heavy (non-hydrogen) atoms. The predicted molar refractivity (Wildman–Crippen MR) is 160 cm³/mol. The number of hydrogen-bond donors (Lipinski definition) is 0. The highest BCUT2D eigenvalue weighted by atomic mass is 19.4. The summed E-state index contributed by atoms with van der Waals surface area (Å²) in [7, 11) is 0. The lowest BCUT2D eigenvalue weighted by Gasteiger charge is -2.32. The summed E-state index contributed by atoms with van der Waals surface area (Å²) in [6.45, 7) is 6.34. The van der Waals surface area contributed by atoms with E-state index >= 15 is 0 Å². The van der Waals surface area contributed by atoms with Crippen molar-refractivity contribution in [1.82, 2.24) is 0 Å². The van der Waals surface area contributed by atoms with Gasteiger partial charge in [-0.15, -0.1) is 0 Å². The molecule has 2 unspecified atom stereocenters. The molecule has 3 aromatic carbocycles. The molecule has 0 N–H and O–H groups in total. The minimum absolute atomic E-state index is 0.0799. The smallest absolute Gasteiger partial charge is 0.184 e. The Morgan fingerprint density at radius 2 is 1.49 bits per heavy atom. The summed E-state index contributed by atoms with van der Waals surface area (Å²) < 4.78 is 90.1. The number of aromatic nitrogens is 2. The van der Waals surface area contributed by atoms with Crippen LogP contribution in [0, 0.1) is 6.92 Å². The maximum absolute atomic E-state index is 14.7. The number of pyridine rings is 2. The molecule has 2 aliphatic rings. The molecule has 0 saturated heterocycles. The van der Waals surface area contributed by atoms with Gasteiger partial charge in [-0.05, 0) is 66.8 Å². The first kappa shape index (κ1) is 29.0. The third kappa shape index (κ3) is 4.83. The van der Waals surface area contributed by atoms with Gasteiger partial charge in [0.25, 0.3) is 0 Å². The Morgan fingerprint density at radius 3 is 2.22 bits per heavy atom. The summed E-state index contributed by atoms with van der Waals surface area (Å²) in [6.07, 6.45) is -5.86. The first-order chi connectivity index (χ1) is 21.4. The molecule has 0 radical (unpaired) electrons. The van der Waals surface area contributed by atoms with Crippen LogP contribution in [0.5, 0.6) is 0 Å². The molecule has 0 spiro atoms. The number of benzene rings is 3. The van der Waals surface area contributed by atoms with Gasteiger partial charge in [0.15, 0.2) is 12.4 Å². The number of hydrogen-bond acceptors (Lipinski definition) is 0. The molecule has 2 atom stereocenters. The Labute approximate surface area is 256 Å². The quantitative estimate of drug-likeness (QED) is 0.131. The second-order valence-corrected chi connectivity index (χ2v) is 11.7. The van der Waals surface area contributed by atoms with Crippen molar-refractivity contribution in [1.29, 1.82) is 0 Å². The molecular formula is C37H28F6N2+2. The first-order valence-electron chi connectivity index (χ1n) is 14.7. The molecule has 5 aromatic rings. The monoisotopic (exact) mass is 614 g/mol. The van der Waals surface area contributed by atoms with Gasteiger partial charge in [-0.1, -0.05) is 54.6 Å². The lowest BCUT2D eigenvalue weighted by atomic mass is 9.76. The number of fused-ring (bicyclic) bond motifs is 9. The van der Waals surface area contributed by atoms with Gasteiger partial charge in [-0.3, -0.25) is 0 Å². The third-order valence-electron chi connectivity index (χ3n) is 9.02. The lowest BCUT2D eigenvalue weighted by molar-refractivity contribution is -0.727. The molecule has 0 saturated carbocycles. The fraction of sp³-hybridized carbons (Fsp3) is 0.189. The molecule has 0 amide bonds. The minimum Gasteiger partial charge on any atom is -0.184 e. The van der Waals surface area contributed by atoms with Gasteiger partial charge >= 0.3 is 12.4 Å². The van der Waals surface area contributed by atoms with Crippen LogP contribution in [0.25, 0.3) is 39.3 Å². The highest BCUT2D eigenvalue weighted by molar-refractivity contribution is 5.74. The molecule has 8 heteroatoms. The second kappa shape index (κ2) is 10.4. The summed E-state index contributed by atoms with van der Waals surface area (Å²) in [5.74, 6) is -0.588. The van der Waals surface area contributed by atoms with Crippen molar-refractivity contribution in [2.45, 2.75) is 44.1 Å². The van der Waals surface area contributed by atoms with Crippen LogP contribution in [0.2, 0.25) is 0 Å². The highest BCUT2D eigenvalue weighted by Gasteiger charge is 2.53. The standard InChI is InChI=1S/C37H28F6N2/c1-22-12-17-31-33-28(15-16-30(36(38,39)40)34(33)37(41,42)43)29-14-13-25-10-6-7-11-27(25)32-20-26(24-8-4-3-5-9-24)18-19-44(32)23(2)35(29)45(31)21-22/h3-12,15-21,29,35H,2,13-14H2,1H3/q+2. The maximum atomic E-state index is 14.7. The third-order valence-corrected chi connectivity index (χ3v) is 9.02. The highest BCUT2D eigenvalue weighted by Crippen LogP contribution is 2.52. The minimum atomic E-state index is -5.23. The fourth-order valence-electron chi connectivity index (χ4n) is 7.09. The van der Waals surface area contributed by atoms with E-state index in [0.717, 1.165) is 33.5 Å². The topological polar surface area (TPSA) is 7.76 Å². The first-order valence-corrected chi connectivity index (χ1v) is 14.7. The maximum Gasteiger partial charge on any atom is 0.417 e. The van der Waals surface area contributed by atoms with Gasteiger partial charge in [-0.2, -0.15) is 35.5 Å². The van der Waals surface area contributed by atoms with Gasteiger partial charge in [0.05, 0.1) is 22.6 Å². The molecule has 226 valence electrons. The van der Waals surface area contributed by atoms with Gasteiger partial charge < -0.3 is 0 Å². The van der Waals surface area contributed by atoms with Crippen LogP contribution >= 0.6 is 0 Å². The van der Waals surface area contributed by atoms with E-state index in [1.54, 1.807) is 16.8 Å². The average molecular weight is 615 g/mol. The lowest BCUT2D eigenvalue weighted by Crippen LogP contribution is -2.53. The van der Waals surface area contributed by atoms with E-state index in [9.17, 15) is 26.3 Å². The number of allylic oxidation sites excluding steroid dienone is 1. The van der Waals surface area contributed by atoms with Crippen molar-refractivity contribution in [2.24, 2.45) is 0 Å². The molecule has 0 aliphatic carbocycles. The van der Waals surface area contributed by atoms with Crippen molar-refractivity contribution in [2.75, 3.05) is 0 Å². The summed E-state index contributed by atoms with van der Waals surface area (Å²) in [6, 6.07) is 26.3. The number of nitrogens with zero attached hydrogens (tertiary/aromatic N) is 2. The van der Waals surface area contributed by atoms with Crippen molar-refractivity contribution in [3.63, 3.8) is 0 Å². The van der Waals surface area contributed by atoms with E-state index in [1.165, 1.54) is 12.1 Å². The number of aryl methyl sites for hydroxylation is 2. The average Bonchev–Trinajstić information content (AvgIpc) is 3.06. The largest absolute Gasteiger partial charge is 0.417 e. The Morgan fingerprint density at radius 1 is 0.756 bits per heavy atom. The van der Waals surface area contributed by atoms with Crippen LogP contribution in [-0.4, -0.2) is 0 Å². The molecule has 7 rings (SSSR count). The SMILES string of the molecule is C=C1C2C(CCc3ccccc3-c3cc(-c4ccccc4)cc[n+]31)c1ccc(C(F)(F)F)c(C(F)(F)F)c1-c1ccc(C)c[n+]12. The molecule has 0 bridgehead atoms. The number of halogens is 6. The Kier molecular flexibility index (Phi) is 6.73. The van der Waals surface area contributed by atoms with E-state index in [1.807, 2.05) is 78.4 Å². The van der Waals surface area contributed by atoms with Crippen LogP contribution in [0.1, 0.15) is 46.2 Å². The van der Waals surface area contributed by atoms with E-state index < -0.39 is 41.0 Å². The zero-order valence-electron chi connectivity index (χ0n) is 24.3. The van der Waals surface area contributed by atoms with E-state index in [0.29, 0.717) is 24.6 Å². The second-order valence-electron chi connectivity index (χ2n) is 11.7. The zero-order chi connectivity index (χ0) is 31.7. The normalized spacial score (nSPS) is 17.5. The van der Waals surface area contributed by atoms with E-state index in [2.05, 4.69) is 12.6 Å². The number of rotatable bonds is 1. The van der Waals surface area contributed by atoms with Crippen LogP contribution in [0.15, 0.2) is 110 Å². The van der Waals surface area contributed by atoms with Crippen LogP contribution in [-0.2, 0) is 18.8 Å². The molecular weight excluding hydrogens is 586 g/mol. The summed E-state index contributed by atoms with van der Waals surface area (Å²) >= 11 is 0. The van der Waals surface area contributed by atoms with Gasteiger partial charge in [-0.25, -0.2) is 0 Å². The molecule has 2 aromatic heterocycles. The van der Waals surface area contributed by atoms with Crippen molar-refractivity contribution >= 4 is 5.70 Å². The van der Waals surface area contributed by atoms with Gasteiger partial charge in [0, 0.05) is 29.3 Å². The Hall–Kier alpha value is -4.72. The van der Waals surface area contributed by atoms with Crippen molar-refractivity contribution in [3.8, 4) is 33.6 Å². The van der Waals surface area contributed by atoms with Crippen molar-refractivity contribution in [3.05, 3.63) is 138 Å². The Balaban J connectivity index is 1.52. The van der Waals surface area contributed by atoms with E-state index in [-0.39, 0.29) is 11.3 Å². The van der Waals surface area contributed by atoms with Gasteiger partial charge in [0.2, 0.25) is 23.1 Å². The molecule has 0 fully saturated rings. The van der Waals surface area contributed by atoms with Crippen molar-refractivity contribution < 1.29 is 35.5 Å². The van der Waals surface area contributed by atoms with Gasteiger partial charge in [0.1, 0.15) is 0 Å². The van der Waals surface area contributed by atoms with Crippen LogP contribution in [0.4, 0.5) is 26.3 Å². The fourth-order valence-corrected chi connectivity index (χ4v) is 7.09. The Bertz CT molecular complexity index is 1970. The summed E-state index contributed by atoms with van der Waals surface area (Å²) in [5.41, 5.74) is 2.83. The molecule has 2 nitrogen and oxygen atoms in total. The predicted octanol–water partition coefficient (Wildman–Crippen LogP) is 9.36. The summed E-state index contributed by atoms with van der Waals surface area (Å²) in [4.78, 5) is 0. The van der Waals surface area contributed by atoms with Crippen LogP contribution in [0.3, 0.4) is 0 Å². The molecule has 4 heterocycles. The molecule has 2 aliphatic heterocycles. The van der Waals surface area contributed by atoms with Crippen LogP contribution < -0.4 is 9.13 Å². The zero-order valence-corrected chi connectivity index (χ0v) is 24.3. The van der Waals surface area contributed by atoms with E-state index in [4.69, 9.17) is 0 Å². The number of alkyl halides is 6.